The Morgan fingerprint density at radius 2 is 0.246 bits per heavy atom. The fraction of sp³-hybridized carbons (Fsp3) is 0. The standard InChI is InChI=1S/B65/c1-34-51(35(2)3)59(50(32)33)63(58(48(28)29)49(30)31)65(62(56(44(20)21)45(22)23)57(46(24)25)47(26)27)64(60(52(36(4)5)37(6)7)53(38(8)9)39(10)11)61(54(40(12)13)41(14)15)55(42(16)17)43(18)19. The van der Waals surface area contributed by atoms with Crippen LogP contribution >= 0.6 is 0 Å². The molecule has 0 rings (SSSR count). The van der Waals surface area contributed by atoms with Gasteiger partial charge < -0.3 is 0 Å². The minimum atomic E-state index is -1.59. The van der Waals surface area contributed by atoms with Gasteiger partial charge in [0.1, 0.15) is 0 Å². The monoisotopic (exact) mass is 716 g/mol. The van der Waals surface area contributed by atoms with Crippen molar-refractivity contribution in [3.05, 3.63) is 0 Å². The van der Waals surface area contributed by atoms with E-state index in [9.17, 15) is 0 Å². The molecule has 0 aromatic rings. The van der Waals surface area contributed by atoms with E-state index in [-0.39, 0.29) is 0 Å². The van der Waals surface area contributed by atoms with Gasteiger partial charge in [0.25, 0.3) is 0 Å². The maximum absolute atomic E-state index is 6.81. The molecule has 0 bridgehead atoms. The summed E-state index contributed by atoms with van der Waals surface area (Å²) < 4.78 is 0. The molecule has 0 unspecified atom stereocenters. The van der Waals surface area contributed by atoms with Crippen molar-refractivity contribution in [1.82, 2.24) is 0 Å². The van der Waals surface area contributed by atoms with Gasteiger partial charge >= 0.3 is 0 Å². The molecule has 0 aliphatic rings. The molecule has 65 heteroatoms. The van der Waals surface area contributed by atoms with Crippen molar-refractivity contribution in [1.29, 1.82) is 0 Å². The van der Waals surface area contributed by atoms with Crippen LogP contribution in [0.5, 0.6) is 0 Å². The Kier molecular flexibility index (Phi) is 34.0. The molecule has 0 saturated heterocycles. The Morgan fingerprint density at radius 3 is 0.338 bits per heavy atom. The molecular weight excluding hydrogens is 703 g/mol. The van der Waals surface area contributed by atoms with Crippen molar-refractivity contribution in [3.63, 3.8) is 0 Å². The van der Waals surface area contributed by atoms with Crippen LogP contribution in [0.3, 0.4) is 0 Å². The lowest BCUT2D eigenvalue weighted by Gasteiger charge is -2.59. The first-order chi connectivity index (χ1) is 29.6. The Hall–Kier alpha value is 4.22. The summed E-state index contributed by atoms with van der Waals surface area (Å²) in [6.45, 7) is 0. The molecule has 0 aliphatic heterocycles. The van der Waals surface area contributed by atoms with Gasteiger partial charge in [-0.05, 0) is 0 Å². The van der Waals surface area contributed by atoms with E-state index in [2.05, 4.69) is 0 Å². The zero-order chi connectivity index (χ0) is 51.6. The van der Waals surface area contributed by atoms with E-state index in [1.807, 2.05) is 0 Å². The molecule has 67 radical (unpaired) electrons. The normalized spacial score (nSPS) is 9.72. The largest absolute Gasteiger partial charge is 0 e. The summed E-state index contributed by atoms with van der Waals surface area (Å²) >= 11 is 0. The second-order valence-electron chi connectivity index (χ2n) is 18.1. The minimum absolute atomic E-state index is 1.14. The number of hydrogen-bond donors (Lipinski definition) is 0. The van der Waals surface area contributed by atoms with Crippen molar-refractivity contribution in [3.8, 4) is 0 Å². The predicted molar refractivity (Wildman–Crippen MR) is 374 cm³/mol. The number of rotatable bonds is 31. The topological polar surface area (TPSA) is 0 Å². The van der Waals surface area contributed by atoms with E-state index in [1.165, 1.54) is 0 Å². The van der Waals surface area contributed by atoms with Gasteiger partial charge in [-0.25, -0.2) is 0 Å². The van der Waals surface area contributed by atoms with Crippen LogP contribution in [0.2, 0.25) is 0 Å². The molecule has 0 fully saturated rings. The first kappa shape index (κ1) is 69.2. The summed E-state index contributed by atoms with van der Waals surface area (Å²) in [6, 6.07) is 0. The molecule has 65 heavy (non-hydrogen) atoms. The van der Waals surface area contributed by atoms with Crippen LogP contribution in [-0.4, -0.2) is 460 Å². The molecule has 195 valence electrons. The SMILES string of the molecule is [B][B]B(B([B])[B])B(B([B])[B])B(B(B([B])[B])B([B])[B])B(B(B(B([B])[B])B([B])[B])B(B([B])[B])B([B])[B])B(B(B(B([B])[B])B([B])[B])B(B([B])[B])B([B])[B])B(B(B([B])[B])B([B])[B])B(B([B])[B])B([B])[B]. The maximum Gasteiger partial charge on any atom is 0 e. The molecule has 0 amide bonds. The van der Waals surface area contributed by atoms with Crippen molar-refractivity contribution in [2.24, 2.45) is 0 Å². The fourth-order valence-electron chi connectivity index (χ4n) is 11.3. The molecule has 0 aliphatic carbocycles. The van der Waals surface area contributed by atoms with E-state index >= 15 is 0 Å². The molecule has 0 spiro atoms. The minimum Gasteiger partial charge on any atom is 0 e. The summed E-state index contributed by atoms with van der Waals surface area (Å²) in [6.07, 6.45) is -45.7. The lowest BCUT2D eigenvalue weighted by atomic mass is 8.22. The smallest absolute Gasteiger partial charge is 0 e. The van der Waals surface area contributed by atoms with Crippen LogP contribution in [0, 0.1) is 0 Å². The van der Waals surface area contributed by atoms with Crippen molar-refractivity contribution in [2.45, 2.75) is 0 Å². The van der Waals surface area contributed by atoms with Gasteiger partial charge in [-0.2, -0.15) is 0 Å². The van der Waals surface area contributed by atoms with Gasteiger partial charge in [-0.1, -0.05) is 0 Å². The lowest BCUT2D eigenvalue weighted by Crippen LogP contribution is -2.98. The molecule has 0 atom stereocenters. The van der Waals surface area contributed by atoms with Gasteiger partial charge in [-0.3, -0.25) is 0 Å². The van der Waals surface area contributed by atoms with E-state index in [1.54, 1.807) is 0 Å². The van der Waals surface area contributed by atoms with Gasteiger partial charge in [0.15, 0.2) is 0 Å². The quantitative estimate of drug-likeness (QED) is 0.0631. The van der Waals surface area contributed by atoms with Gasteiger partial charge in [0.2, 0.25) is 0 Å². The summed E-state index contributed by atoms with van der Waals surface area (Å²) in [5, 5.41) is 0. The first-order valence-electron chi connectivity index (χ1n) is 21.3. The summed E-state index contributed by atoms with van der Waals surface area (Å²) in [4.78, 5) is 0. The molecule has 0 aromatic heterocycles. The molecule has 0 heterocycles. The highest BCUT2D eigenvalue weighted by molar-refractivity contribution is 8.39. The predicted octanol–water partition coefficient (Wildman–Crippen LogP) is -24.8. The van der Waals surface area contributed by atoms with Crippen LogP contribution in [0.15, 0.2) is 0 Å². The highest BCUT2D eigenvalue weighted by atomic mass is 13.4. The lowest BCUT2D eigenvalue weighted by molar-refractivity contribution is 3.16. The molecule has 0 N–H and O–H groups in total. The summed E-state index contributed by atoms with van der Waals surface area (Å²) in [5.41, 5.74) is 0. The molecule has 0 nitrogen and oxygen atoms in total. The Bertz CT molecular complexity index is 1040. The van der Waals surface area contributed by atoms with Crippen LogP contribution in [-0.2, 0) is 0 Å². The molecule has 0 saturated carbocycles. The zero-order valence-electron chi connectivity index (χ0n) is 37.5. The Balaban J connectivity index is 11.2. The Labute approximate surface area is 456 Å². The highest BCUT2D eigenvalue weighted by Gasteiger charge is 2.63. The van der Waals surface area contributed by atoms with E-state index in [0.29, 0.717) is 0 Å². The second-order valence-corrected chi connectivity index (χ2v) is 18.1. The third-order valence-corrected chi connectivity index (χ3v) is 13.6. The van der Waals surface area contributed by atoms with Crippen molar-refractivity contribution >= 4 is 460 Å². The van der Waals surface area contributed by atoms with Crippen molar-refractivity contribution < 1.29 is 0 Å². The van der Waals surface area contributed by atoms with Gasteiger partial charge in [0, 0.05) is 460 Å². The van der Waals surface area contributed by atoms with E-state index in [4.69, 9.17) is 255 Å². The highest BCUT2D eigenvalue weighted by Crippen LogP contribution is 2.25. The summed E-state index contributed by atoms with van der Waals surface area (Å²) in [7, 11) is 221. The molecular formula is B65. The van der Waals surface area contributed by atoms with Gasteiger partial charge in [-0.15, -0.1) is 0 Å². The van der Waals surface area contributed by atoms with Crippen LogP contribution in [0.4, 0.5) is 0 Å². The average molecular weight is 703 g/mol. The van der Waals surface area contributed by atoms with Gasteiger partial charge in [0.05, 0.1) is 0 Å². The second kappa shape index (κ2) is 32.0. The van der Waals surface area contributed by atoms with Crippen LogP contribution < -0.4 is 0 Å². The van der Waals surface area contributed by atoms with E-state index in [0.717, 1.165) is 7.06 Å². The average Bonchev–Trinajstić information content (AvgIpc) is 3.08. The van der Waals surface area contributed by atoms with E-state index < -0.39 is 198 Å². The first-order valence-corrected chi connectivity index (χ1v) is 21.3. The summed E-state index contributed by atoms with van der Waals surface area (Å²) in [5.74, 6) is 0. The fourth-order valence-corrected chi connectivity index (χ4v) is 11.3. The number of hydrogen-bond acceptors (Lipinski definition) is 0. The van der Waals surface area contributed by atoms with Crippen LogP contribution in [0.25, 0.3) is 0 Å². The third-order valence-electron chi connectivity index (χ3n) is 13.6. The van der Waals surface area contributed by atoms with Crippen molar-refractivity contribution in [2.75, 3.05) is 0 Å². The Morgan fingerprint density at radius 1 is 0.138 bits per heavy atom. The maximum atomic E-state index is 6.81. The third kappa shape index (κ3) is 18.8. The molecule has 0 aromatic carbocycles. The van der Waals surface area contributed by atoms with Crippen LogP contribution in [0.1, 0.15) is 0 Å². The zero-order valence-corrected chi connectivity index (χ0v) is 37.5.